The Bertz CT molecular complexity index is 387. The van der Waals surface area contributed by atoms with E-state index in [4.69, 9.17) is 4.74 Å². The highest BCUT2D eigenvalue weighted by Crippen LogP contribution is 2.26. The number of hydrogen-bond donors (Lipinski definition) is 1. The van der Waals surface area contributed by atoms with Crippen LogP contribution in [0.1, 0.15) is 39.0 Å². The van der Waals surface area contributed by atoms with E-state index >= 15 is 0 Å². The van der Waals surface area contributed by atoms with E-state index in [9.17, 15) is 14.7 Å². The molecule has 2 saturated heterocycles. The summed E-state index contributed by atoms with van der Waals surface area (Å²) in [6.07, 6.45) is 4.12. The number of urea groups is 1. The average Bonchev–Trinajstić information content (AvgIpc) is 2.46. The van der Waals surface area contributed by atoms with E-state index < -0.39 is 12.0 Å². The molecule has 2 fully saturated rings. The van der Waals surface area contributed by atoms with Crippen molar-refractivity contribution in [3.05, 3.63) is 0 Å². The van der Waals surface area contributed by atoms with Gasteiger partial charge in [-0.3, -0.25) is 0 Å². The third-order valence-corrected chi connectivity index (χ3v) is 4.46. The highest BCUT2D eigenvalue weighted by Gasteiger charge is 2.38. The number of piperidine rings is 2. The Morgan fingerprint density at radius 1 is 1.25 bits per heavy atom. The zero-order valence-electron chi connectivity index (χ0n) is 12.3. The number of methoxy groups -OCH3 is 1. The lowest BCUT2D eigenvalue weighted by Gasteiger charge is -2.43. The van der Waals surface area contributed by atoms with Crippen LogP contribution >= 0.6 is 0 Å². The number of carboxylic acid groups (broad SMARTS) is 1. The number of ether oxygens (including phenoxy) is 1. The van der Waals surface area contributed by atoms with Crippen LogP contribution in [-0.4, -0.2) is 65.3 Å². The van der Waals surface area contributed by atoms with Crippen molar-refractivity contribution in [2.24, 2.45) is 0 Å². The molecule has 20 heavy (non-hydrogen) atoms. The summed E-state index contributed by atoms with van der Waals surface area (Å²) in [7, 11) is 1.66. The van der Waals surface area contributed by atoms with Crippen molar-refractivity contribution in [1.82, 2.24) is 9.80 Å². The van der Waals surface area contributed by atoms with Gasteiger partial charge in [0.2, 0.25) is 0 Å². The first-order valence-corrected chi connectivity index (χ1v) is 7.30. The molecular formula is C14H24N2O4. The first-order valence-electron chi connectivity index (χ1n) is 7.30. The second-order valence-electron chi connectivity index (χ2n) is 6.00. The summed E-state index contributed by atoms with van der Waals surface area (Å²) in [5.41, 5.74) is -0.317. The molecular weight excluding hydrogens is 260 g/mol. The van der Waals surface area contributed by atoms with Crippen molar-refractivity contribution in [3.63, 3.8) is 0 Å². The molecule has 0 radical (unpaired) electrons. The topological polar surface area (TPSA) is 70.1 Å². The molecule has 0 aromatic heterocycles. The number of carbonyl (C=O) groups excluding carboxylic acids is 1. The predicted octanol–water partition coefficient (Wildman–Crippen LogP) is 1.55. The molecule has 2 aliphatic heterocycles. The van der Waals surface area contributed by atoms with Crippen LogP contribution in [0.5, 0.6) is 0 Å². The van der Waals surface area contributed by atoms with Gasteiger partial charge in [-0.25, -0.2) is 9.59 Å². The fraction of sp³-hybridized carbons (Fsp3) is 0.857. The molecule has 2 amide bonds. The molecule has 0 bridgehead atoms. The summed E-state index contributed by atoms with van der Waals surface area (Å²) in [5.74, 6) is -0.899. The fourth-order valence-corrected chi connectivity index (χ4v) is 3.13. The van der Waals surface area contributed by atoms with Gasteiger partial charge in [0.1, 0.15) is 6.04 Å². The molecule has 0 spiro atoms. The summed E-state index contributed by atoms with van der Waals surface area (Å²) in [5, 5.41) is 9.27. The molecule has 0 aromatic rings. The SMILES string of the molecule is COC1(C)CCCN(C(=O)N2CCCCC2C(=O)O)C1. The van der Waals surface area contributed by atoms with Crippen LogP contribution in [0.2, 0.25) is 0 Å². The van der Waals surface area contributed by atoms with Gasteiger partial charge in [-0.15, -0.1) is 0 Å². The van der Waals surface area contributed by atoms with E-state index in [-0.39, 0.29) is 11.6 Å². The fourth-order valence-electron chi connectivity index (χ4n) is 3.13. The summed E-state index contributed by atoms with van der Waals surface area (Å²) < 4.78 is 5.49. The predicted molar refractivity (Wildman–Crippen MR) is 73.6 cm³/mol. The third-order valence-electron chi connectivity index (χ3n) is 4.46. The van der Waals surface area contributed by atoms with Crippen LogP contribution in [-0.2, 0) is 9.53 Å². The monoisotopic (exact) mass is 284 g/mol. The Morgan fingerprint density at radius 2 is 2.00 bits per heavy atom. The van der Waals surface area contributed by atoms with Gasteiger partial charge in [0.05, 0.1) is 12.1 Å². The van der Waals surface area contributed by atoms with E-state index in [1.807, 2.05) is 6.92 Å². The molecule has 6 heteroatoms. The first kappa shape index (κ1) is 15.1. The molecule has 6 nitrogen and oxygen atoms in total. The van der Waals surface area contributed by atoms with E-state index in [1.54, 1.807) is 12.0 Å². The highest BCUT2D eigenvalue weighted by atomic mass is 16.5. The van der Waals surface area contributed by atoms with Crippen molar-refractivity contribution >= 4 is 12.0 Å². The van der Waals surface area contributed by atoms with E-state index in [2.05, 4.69) is 0 Å². The molecule has 2 aliphatic rings. The minimum atomic E-state index is -0.899. The van der Waals surface area contributed by atoms with Gasteiger partial charge >= 0.3 is 12.0 Å². The Hall–Kier alpha value is -1.30. The van der Waals surface area contributed by atoms with E-state index in [1.165, 1.54) is 4.90 Å². The number of nitrogens with zero attached hydrogens (tertiary/aromatic N) is 2. The molecule has 1 N–H and O–H groups in total. The second kappa shape index (κ2) is 5.99. The lowest BCUT2D eigenvalue weighted by Crippen LogP contribution is -2.57. The maximum absolute atomic E-state index is 12.6. The normalized spacial score (nSPS) is 31.2. The van der Waals surface area contributed by atoms with Crippen molar-refractivity contribution < 1.29 is 19.4 Å². The van der Waals surface area contributed by atoms with Crippen LogP contribution in [0, 0.1) is 0 Å². The van der Waals surface area contributed by atoms with Gasteiger partial charge in [0.15, 0.2) is 0 Å². The summed E-state index contributed by atoms with van der Waals surface area (Å²) in [6, 6.07) is -0.827. The number of amides is 2. The minimum Gasteiger partial charge on any atom is -0.480 e. The van der Waals surface area contributed by atoms with Crippen LogP contribution in [0.25, 0.3) is 0 Å². The van der Waals surface area contributed by atoms with Gasteiger partial charge in [-0.1, -0.05) is 0 Å². The van der Waals surface area contributed by atoms with E-state index in [0.717, 1.165) is 25.7 Å². The molecule has 114 valence electrons. The van der Waals surface area contributed by atoms with Crippen molar-refractivity contribution in [3.8, 4) is 0 Å². The maximum Gasteiger partial charge on any atom is 0.326 e. The number of likely N-dealkylation sites (tertiary alicyclic amines) is 2. The second-order valence-corrected chi connectivity index (χ2v) is 6.00. The number of carbonyl (C=O) groups is 2. The molecule has 2 rings (SSSR count). The smallest absolute Gasteiger partial charge is 0.326 e. The van der Waals surface area contributed by atoms with Crippen LogP contribution in [0.3, 0.4) is 0 Å². The zero-order valence-corrected chi connectivity index (χ0v) is 12.3. The molecule has 2 unspecified atom stereocenters. The summed E-state index contributed by atoms with van der Waals surface area (Å²) >= 11 is 0. The van der Waals surface area contributed by atoms with Crippen molar-refractivity contribution in [1.29, 1.82) is 0 Å². The first-order chi connectivity index (χ1) is 9.47. The average molecular weight is 284 g/mol. The lowest BCUT2D eigenvalue weighted by molar-refractivity contribution is -0.143. The lowest BCUT2D eigenvalue weighted by atomic mass is 9.94. The Balaban J connectivity index is 2.07. The number of carboxylic acids is 1. The summed E-state index contributed by atoms with van der Waals surface area (Å²) in [6.45, 7) is 3.75. The summed E-state index contributed by atoms with van der Waals surface area (Å²) in [4.78, 5) is 27.2. The highest BCUT2D eigenvalue weighted by molar-refractivity contribution is 5.83. The van der Waals surface area contributed by atoms with Crippen molar-refractivity contribution in [2.75, 3.05) is 26.7 Å². The van der Waals surface area contributed by atoms with Crippen LogP contribution in [0.4, 0.5) is 4.79 Å². The largest absolute Gasteiger partial charge is 0.480 e. The van der Waals surface area contributed by atoms with Crippen LogP contribution < -0.4 is 0 Å². The zero-order chi connectivity index (χ0) is 14.8. The van der Waals surface area contributed by atoms with Crippen molar-refractivity contribution in [2.45, 2.75) is 50.7 Å². The van der Waals surface area contributed by atoms with Gasteiger partial charge in [0.25, 0.3) is 0 Å². The molecule has 0 saturated carbocycles. The molecule has 2 heterocycles. The molecule has 2 atom stereocenters. The van der Waals surface area contributed by atoms with Gasteiger partial charge in [0, 0.05) is 20.2 Å². The number of aliphatic carboxylic acids is 1. The molecule has 0 aromatic carbocycles. The van der Waals surface area contributed by atoms with Gasteiger partial charge in [-0.2, -0.15) is 0 Å². The Kier molecular flexibility index (Phi) is 4.52. The Morgan fingerprint density at radius 3 is 2.65 bits per heavy atom. The van der Waals surface area contributed by atoms with Gasteiger partial charge < -0.3 is 19.6 Å². The maximum atomic E-state index is 12.6. The van der Waals surface area contributed by atoms with E-state index in [0.29, 0.717) is 26.1 Å². The Labute approximate surface area is 119 Å². The quantitative estimate of drug-likeness (QED) is 0.835. The number of hydrogen-bond acceptors (Lipinski definition) is 3. The minimum absolute atomic E-state index is 0.153. The van der Waals surface area contributed by atoms with Crippen LogP contribution in [0.15, 0.2) is 0 Å². The van der Waals surface area contributed by atoms with Gasteiger partial charge in [-0.05, 0) is 39.0 Å². The third kappa shape index (κ3) is 3.06. The number of rotatable bonds is 2. The molecule has 0 aliphatic carbocycles. The standard InChI is InChI=1S/C14H24N2O4/c1-14(20-2)7-5-8-15(10-14)13(19)16-9-4-3-6-11(16)12(17)18/h11H,3-10H2,1-2H3,(H,17,18).